The van der Waals surface area contributed by atoms with E-state index in [1.807, 2.05) is 71.0 Å². The molecule has 2 aromatic heterocycles. The molecule has 0 spiro atoms. The summed E-state index contributed by atoms with van der Waals surface area (Å²) < 4.78 is 5.40. The van der Waals surface area contributed by atoms with Gasteiger partial charge in [0.1, 0.15) is 11.3 Å². The smallest absolute Gasteiger partial charge is 0.408 e. The molecule has 31 heavy (non-hydrogen) atoms. The van der Waals surface area contributed by atoms with Gasteiger partial charge in [-0.25, -0.2) is 4.79 Å². The molecule has 0 aliphatic carbocycles. The van der Waals surface area contributed by atoms with Crippen LogP contribution in [0.25, 0.3) is 22.4 Å². The van der Waals surface area contributed by atoms with Crippen LogP contribution < -0.4 is 5.32 Å². The highest BCUT2D eigenvalue weighted by molar-refractivity contribution is 6.30. The van der Waals surface area contributed by atoms with Gasteiger partial charge >= 0.3 is 6.09 Å². The lowest BCUT2D eigenvalue weighted by Gasteiger charge is -2.28. The minimum atomic E-state index is -0.536. The summed E-state index contributed by atoms with van der Waals surface area (Å²) in [7, 11) is 0. The monoisotopic (exact) mass is 440 g/mol. The summed E-state index contributed by atoms with van der Waals surface area (Å²) >= 11 is 6.06. The maximum Gasteiger partial charge on any atom is 0.408 e. The predicted molar refractivity (Wildman–Crippen MR) is 124 cm³/mol. The second kappa shape index (κ2) is 9.10. The van der Waals surface area contributed by atoms with Crippen LogP contribution in [0.2, 0.25) is 5.02 Å². The third-order valence-corrected chi connectivity index (χ3v) is 5.02. The van der Waals surface area contributed by atoms with Crippen molar-refractivity contribution >= 4 is 17.7 Å². The van der Waals surface area contributed by atoms with E-state index in [1.165, 1.54) is 0 Å². The molecule has 3 aromatic rings. The van der Waals surface area contributed by atoms with Gasteiger partial charge in [0.05, 0.1) is 0 Å². The molecule has 7 heteroatoms. The number of amides is 1. The van der Waals surface area contributed by atoms with Crippen molar-refractivity contribution < 1.29 is 9.53 Å². The lowest BCUT2D eigenvalue weighted by atomic mass is 9.93. The van der Waals surface area contributed by atoms with Crippen molar-refractivity contribution in [1.82, 2.24) is 20.5 Å². The standard InChI is InChI=1S/C24H29ClN4O2/c1-23(2,3)31-22(30)27-24(4,5)13-10-19-20(16-11-14-26-15-12-16)21(29-28-19)17-6-8-18(25)9-7-17/h6-9,11-12,14-15H,10,13H2,1-5H3,(H,27,30)(H,28,29). The molecule has 164 valence electrons. The first-order chi connectivity index (χ1) is 14.5. The summed E-state index contributed by atoms with van der Waals surface area (Å²) in [5.41, 5.74) is 3.89. The Morgan fingerprint density at radius 3 is 2.29 bits per heavy atom. The summed E-state index contributed by atoms with van der Waals surface area (Å²) in [5.74, 6) is 0. The molecule has 0 radical (unpaired) electrons. The first-order valence-corrected chi connectivity index (χ1v) is 10.7. The number of nitrogens with one attached hydrogen (secondary N) is 2. The number of carbonyl (C=O) groups is 1. The Labute approximate surface area is 188 Å². The number of rotatable bonds is 6. The molecule has 2 N–H and O–H groups in total. The first-order valence-electron chi connectivity index (χ1n) is 10.3. The summed E-state index contributed by atoms with van der Waals surface area (Å²) in [6, 6.07) is 11.6. The molecule has 0 fully saturated rings. The van der Waals surface area contributed by atoms with Crippen LogP contribution in [0.15, 0.2) is 48.8 Å². The largest absolute Gasteiger partial charge is 0.444 e. The number of pyridine rings is 1. The van der Waals surface area contributed by atoms with Crippen LogP contribution in [0.4, 0.5) is 4.79 Å². The number of hydrogen-bond acceptors (Lipinski definition) is 4. The summed E-state index contributed by atoms with van der Waals surface area (Å²) in [4.78, 5) is 16.4. The van der Waals surface area contributed by atoms with Crippen molar-refractivity contribution in [2.24, 2.45) is 0 Å². The Morgan fingerprint density at radius 2 is 1.68 bits per heavy atom. The molecule has 6 nitrogen and oxygen atoms in total. The normalized spacial score (nSPS) is 11.9. The number of hydrogen-bond donors (Lipinski definition) is 2. The fourth-order valence-corrected chi connectivity index (χ4v) is 3.41. The minimum Gasteiger partial charge on any atom is -0.444 e. The van der Waals surface area contributed by atoms with Crippen LogP contribution in [0.5, 0.6) is 0 Å². The van der Waals surface area contributed by atoms with Gasteiger partial charge in [-0.05, 0) is 77.3 Å². The van der Waals surface area contributed by atoms with E-state index in [-0.39, 0.29) is 0 Å². The van der Waals surface area contributed by atoms with Gasteiger partial charge in [0.15, 0.2) is 0 Å². The fraction of sp³-hybridized carbons (Fsp3) is 0.375. The zero-order chi connectivity index (χ0) is 22.6. The lowest BCUT2D eigenvalue weighted by molar-refractivity contribution is 0.0468. The van der Waals surface area contributed by atoms with Crippen LogP contribution in [0, 0.1) is 0 Å². The molecule has 0 aliphatic rings. The van der Waals surface area contributed by atoms with Gasteiger partial charge < -0.3 is 10.1 Å². The van der Waals surface area contributed by atoms with Crippen LogP contribution >= 0.6 is 11.6 Å². The fourth-order valence-electron chi connectivity index (χ4n) is 3.29. The third kappa shape index (κ3) is 6.31. The second-order valence-corrected chi connectivity index (χ2v) is 9.62. The predicted octanol–water partition coefficient (Wildman–Crippen LogP) is 6.03. The number of H-pyrrole nitrogens is 1. The number of aromatic amines is 1. The number of carbonyl (C=O) groups excluding carboxylic acids is 1. The van der Waals surface area contributed by atoms with Crippen LogP contribution in [0.3, 0.4) is 0 Å². The molecule has 0 aliphatic heterocycles. The van der Waals surface area contributed by atoms with Crippen molar-refractivity contribution in [3.8, 4) is 22.4 Å². The van der Waals surface area contributed by atoms with Crippen molar-refractivity contribution in [1.29, 1.82) is 0 Å². The molecule has 1 amide bonds. The molecule has 0 atom stereocenters. The maximum absolute atomic E-state index is 12.2. The molecule has 0 unspecified atom stereocenters. The number of aromatic nitrogens is 3. The number of ether oxygens (including phenoxy) is 1. The Morgan fingerprint density at radius 1 is 1.03 bits per heavy atom. The number of benzene rings is 1. The first kappa shape index (κ1) is 22.8. The highest BCUT2D eigenvalue weighted by Crippen LogP contribution is 2.34. The van der Waals surface area contributed by atoms with Gasteiger partial charge in [0.2, 0.25) is 0 Å². The van der Waals surface area contributed by atoms with Crippen molar-refractivity contribution in [2.75, 3.05) is 0 Å². The third-order valence-electron chi connectivity index (χ3n) is 4.77. The van der Waals surface area contributed by atoms with Crippen LogP contribution in [-0.2, 0) is 11.2 Å². The summed E-state index contributed by atoms with van der Waals surface area (Å²) in [6.45, 7) is 9.52. The Bertz CT molecular complexity index is 1020. The summed E-state index contributed by atoms with van der Waals surface area (Å²) in [6.07, 6.45) is 4.52. The van der Waals surface area contributed by atoms with E-state index >= 15 is 0 Å². The van der Waals surface area contributed by atoms with Gasteiger partial charge in [0, 0.05) is 39.8 Å². The van der Waals surface area contributed by atoms with E-state index in [0.717, 1.165) is 28.1 Å². The lowest BCUT2D eigenvalue weighted by Crippen LogP contribution is -2.46. The van der Waals surface area contributed by atoms with Gasteiger partial charge in [0.25, 0.3) is 0 Å². The average Bonchev–Trinajstić information content (AvgIpc) is 3.10. The molecular weight excluding hydrogens is 412 g/mol. The highest BCUT2D eigenvalue weighted by atomic mass is 35.5. The van der Waals surface area contributed by atoms with Crippen LogP contribution in [0.1, 0.15) is 46.7 Å². The van der Waals surface area contributed by atoms with E-state index < -0.39 is 17.2 Å². The highest BCUT2D eigenvalue weighted by Gasteiger charge is 2.26. The molecule has 0 saturated carbocycles. The Balaban J connectivity index is 1.84. The van der Waals surface area contributed by atoms with Crippen LogP contribution in [-0.4, -0.2) is 32.4 Å². The maximum atomic E-state index is 12.2. The van der Waals surface area contributed by atoms with Gasteiger partial charge in [-0.1, -0.05) is 23.7 Å². The number of nitrogens with zero attached hydrogens (tertiary/aromatic N) is 2. The van der Waals surface area contributed by atoms with E-state index in [2.05, 4.69) is 20.5 Å². The Hall–Kier alpha value is -2.86. The summed E-state index contributed by atoms with van der Waals surface area (Å²) in [5, 5.41) is 11.5. The molecule has 1 aromatic carbocycles. The molecule has 0 saturated heterocycles. The quantitative estimate of drug-likeness (QED) is 0.490. The minimum absolute atomic E-state index is 0.418. The van der Waals surface area contributed by atoms with Gasteiger partial charge in [-0.2, -0.15) is 5.10 Å². The zero-order valence-electron chi connectivity index (χ0n) is 18.6. The average molecular weight is 441 g/mol. The molecule has 2 heterocycles. The van der Waals surface area contributed by atoms with E-state index in [9.17, 15) is 4.79 Å². The molecule has 0 bridgehead atoms. The van der Waals surface area contributed by atoms with Crippen molar-refractivity contribution in [3.05, 3.63) is 59.5 Å². The molecule has 3 rings (SSSR count). The van der Waals surface area contributed by atoms with Crippen molar-refractivity contribution in [2.45, 2.75) is 58.6 Å². The van der Waals surface area contributed by atoms with E-state index in [4.69, 9.17) is 16.3 Å². The zero-order valence-corrected chi connectivity index (χ0v) is 19.4. The van der Waals surface area contributed by atoms with Gasteiger partial charge in [-0.3, -0.25) is 10.1 Å². The number of alkyl carbamates (subject to hydrolysis) is 1. The molecular formula is C24H29ClN4O2. The van der Waals surface area contributed by atoms with E-state index in [1.54, 1.807) is 12.4 Å². The SMILES string of the molecule is CC(C)(CCc1[nH]nc(-c2ccc(Cl)cc2)c1-c1ccncc1)NC(=O)OC(C)(C)C. The Kier molecular flexibility index (Phi) is 6.70. The van der Waals surface area contributed by atoms with Gasteiger partial charge in [-0.15, -0.1) is 0 Å². The van der Waals surface area contributed by atoms with Crippen molar-refractivity contribution in [3.63, 3.8) is 0 Å². The number of aryl methyl sites for hydroxylation is 1. The number of halogens is 1. The topological polar surface area (TPSA) is 79.9 Å². The second-order valence-electron chi connectivity index (χ2n) is 9.18. The van der Waals surface area contributed by atoms with E-state index in [0.29, 0.717) is 17.9 Å².